The first-order chi connectivity index (χ1) is 5.87. The smallest absolute Gasteiger partial charge is 0.336 e. The van der Waals surface area contributed by atoms with Gasteiger partial charge in [-0.05, 0) is 6.92 Å². The highest BCUT2D eigenvalue weighted by Crippen LogP contribution is 2.18. The average molecular weight is 192 g/mol. The molecule has 7 nitrogen and oxygen atoms in total. The minimum absolute atomic E-state index is 0.676. The van der Waals surface area contributed by atoms with Gasteiger partial charge in [0.1, 0.15) is 0 Å². The summed E-state index contributed by atoms with van der Waals surface area (Å²) in [5.41, 5.74) is -2.68. The number of carbonyl (C=O) groups excluding carboxylic acids is 1. The summed E-state index contributed by atoms with van der Waals surface area (Å²) in [6.07, 6.45) is 0. The van der Waals surface area contributed by atoms with Crippen LogP contribution in [0.15, 0.2) is 0 Å². The Hall–Kier alpha value is -1.63. The van der Waals surface area contributed by atoms with E-state index < -0.39 is 30.1 Å². The van der Waals surface area contributed by atoms with Crippen LogP contribution in [-0.4, -0.2) is 40.0 Å². The zero-order chi connectivity index (χ0) is 10.6. The van der Waals surface area contributed by atoms with Crippen LogP contribution in [0.5, 0.6) is 0 Å². The van der Waals surface area contributed by atoms with E-state index in [1.54, 1.807) is 0 Å². The van der Waals surface area contributed by atoms with E-state index in [1.165, 1.54) is 0 Å². The summed E-state index contributed by atoms with van der Waals surface area (Å²) < 4.78 is 3.88. The molecule has 0 aliphatic carbocycles. The van der Waals surface area contributed by atoms with Gasteiger partial charge in [0.2, 0.25) is 0 Å². The van der Waals surface area contributed by atoms with Crippen molar-refractivity contribution in [1.29, 1.82) is 0 Å². The van der Waals surface area contributed by atoms with Crippen molar-refractivity contribution in [2.45, 2.75) is 6.92 Å². The molecule has 0 aliphatic heterocycles. The van der Waals surface area contributed by atoms with Gasteiger partial charge in [0.05, 0.1) is 0 Å². The van der Waals surface area contributed by atoms with Gasteiger partial charge < -0.3 is 20.1 Å². The molecule has 3 N–H and O–H groups in total. The second-order valence-electron chi connectivity index (χ2n) is 2.30. The molecule has 0 amide bonds. The molecule has 0 unspecified atom stereocenters. The average Bonchev–Trinajstić information content (AvgIpc) is 2.02. The van der Waals surface area contributed by atoms with Gasteiger partial charge in [-0.25, -0.2) is 0 Å². The molecule has 0 bridgehead atoms. The predicted octanol–water partition coefficient (Wildman–Crippen LogP) is -1.35. The second-order valence-corrected chi connectivity index (χ2v) is 2.30. The topological polar surface area (TPSA) is 121 Å². The van der Waals surface area contributed by atoms with Gasteiger partial charge in [-0.1, -0.05) is 0 Å². The largest absolute Gasteiger partial charge is 0.480 e. The molecule has 0 saturated carbocycles. The fraction of sp³-hybridized carbons (Fsp3) is 0.500. The van der Waals surface area contributed by atoms with Gasteiger partial charge in [-0.2, -0.15) is 0 Å². The third kappa shape index (κ3) is 1.94. The Morgan fingerprint density at radius 3 is 1.85 bits per heavy atom. The van der Waals surface area contributed by atoms with E-state index in [1.807, 2.05) is 0 Å². The van der Waals surface area contributed by atoms with E-state index >= 15 is 0 Å². The molecule has 74 valence electrons. The van der Waals surface area contributed by atoms with Crippen LogP contribution in [0.2, 0.25) is 0 Å². The highest BCUT2D eigenvalue weighted by molar-refractivity contribution is 6.16. The van der Waals surface area contributed by atoms with Gasteiger partial charge in [0.25, 0.3) is 5.41 Å². The number of aliphatic hydroxyl groups excluding tert-OH is 1. The first-order valence-corrected chi connectivity index (χ1v) is 3.12. The summed E-state index contributed by atoms with van der Waals surface area (Å²) >= 11 is 0. The zero-order valence-electron chi connectivity index (χ0n) is 6.68. The number of aliphatic hydroxyl groups is 1. The molecule has 0 aromatic heterocycles. The van der Waals surface area contributed by atoms with Gasteiger partial charge >= 0.3 is 17.9 Å². The number of carbonyl (C=O) groups is 3. The van der Waals surface area contributed by atoms with Gasteiger partial charge in [0.15, 0.2) is 6.79 Å². The van der Waals surface area contributed by atoms with E-state index in [0.717, 1.165) is 0 Å². The number of ether oxygens (including phenoxy) is 1. The lowest BCUT2D eigenvalue weighted by Gasteiger charge is -2.16. The number of esters is 1. The minimum atomic E-state index is -2.68. The minimum Gasteiger partial charge on any atom is -0.480 e. The molecular weight excluding hydrogens is 184 g/mol. The summed E-state index contributed by atoms with van der Waals surface area (Å²) in [5, 5.41) is 25.0. The summed E-state index contributed by atoms with van der Waals surface area (Å²) in [6, 6.07) is 0. The monoisotopic (exact) mass is 192 g/mol. The molecule has 0 saturated heterocycles. The molecular formula is C6H8O7. The van der Waals surface area contributed by atoms with Gasteiger partial charge in [0, 0.05) is 0 Å². The Bertz CT molecular complexity index is 229. The van der Waals surface area contributed by atoms with E-state index in [2.05, 4.69) is 4.74 Å². The lowest BCUT2D eigenvalue weighted by Crippen LogP contribution is -2.44. The highest BCUT2D eigenvalue weighted by Gasteiger charge is 2.51. The molecule has 0 aromatic carbocycles. The van der Waals surface area contributed by atoms with Crippen molar-refractivity contribution in [3.63, 3.8) is 0 Å². The third-order valence-corrected chi connectivity index (χ3v) is 1.46. The van der Waals surface area contributed by atoms with Crippen LogP contribution in [0.1, 0.15) is 6.92 Å². The summed E-state index contributed by atoms with van der Waals surface area (Å²) in [7, 11) is 0. The van der Waals surface area contributed by atoms with Crippen LogP contribution in [0.3, 0.4) is 0 Å². The highest BCUT2D eigenvalue weighted by atomic mass is 16.6. The number of aliphatic carboxylic acids is 2. The summed E-state index contributed by atoms with van der Waals surface area (Å²) in [4.78, 5) is 31.6. The Labute approximate surface area is 72.5 Å². The maximum Gasteiger partial charge on any atom is 0.336 e. The molecule has 0 aromatic rings. The SMILES string of the molecule is CC(C(=O)O)(C(=O)O)C(=O)OCO. The number of carboxylic acids is 2. The zero-order valence-corrected chi connectivity index (χ0v) is 6.68. The lowest BCUT2D eigenvalue weighted by molar-refractivity contribution is -0.181. The Balaban J connectivity index is 4.91. The maximum atomic E-state index is 10.8. The third-order valence-electron chi connectivity index (χ3n) is 1.46. The van der Waals surface area contributed by atoms with E-state index in [-0.39, 0.29) is 0 Å². The number of hydrogen-bond acceptors (Lipinski definition) is 5. The van der Waals surface area contributed by atoms with Crippen molar-refractivity contribution >= 4 is 17.9 Å². The van der Waals surface area contributed by atoms with E-state index in [9.17, 15) is 14.4 Å². The van der Waals surface area contributed by atoms with E-state index in [4.69, 9.17) is 15.3 Å². The predicted molar refractivity (Wildman–Crippen MR) is 36.6 cm³/mol. The van der Waals surface area contributed by atoms with Crippen molar-refractivity contribution in [3.8, 4) is 0 Å². The number of carboxylic acid groups (broad SMARTS) is 2. The molecule has 0 aliphatic rings. The molecule has 0 fully saturated rings. The molecule has 0 heterocycles. The fourth-order valence-corrected chi connectivity index (χ4v) is 0.469. The summed E-state index contributed by atoms with van der Waals surface area (Å²) in [6.45, 7) is -0.384. The van der Waals surface area contributed by atoms with Crippen LogP contribution < -0.4 is 0 Å². The van der Waals surface area contributed by atoms with Crippen LogP contribution in [0.25, 0.3) is 0 Å². The molecule has 0 rings (SSSR count). The first-order valence-electron chi connectivity index (χ1n) is 3.12. The Kier molecular flexibility index (Phi) is 3.37. The first kappa shape index (κ1) is 11.4. The van der Waals surface area contributed by atoms with Crippen molar-refractivity contribution < 1.29 is 34.4 Å². The van der Waals surface area contributed by atoms with Crippen LogP contribution in [0, 0.1) is 5.41 Å². The molecule has 0 radical (unpaired) electrons. The maximum absolute atomic E-state index is 10.8. The van der Waals surface area contributed by atoms with E-state index in [0.29, 0.717) is 6.92 Å². The second kappa shape index (κ2) is 3.85. The van der Waals surface area contributed by atoms with Crippen molar-refractivity contribution in [2.75, 3.05) is 6.79 Å². The molecule has 7 heteroatoms. The molecule has 0 atom stereocenters. The van der Waals surface area contributed by atoms with Crippen molar-refractivity contribution in [2.24, 2.45) is 5.41 Å². The lowest BCUT2D eigenvalue weighted by atomic mass is 9.91. The van der Waals surface area contributed by atoms with Gasteiger partial charge in [-0.3, -0.25) is 14.4 Å². The Morgan fingerprint density at radius 1 is 1.23 bits per heavy atom. The standard InChI is InChI=1S/C6H8O7/c1-6(3(8)9,4(10)11)5(12)13-2-7/h7H,2H2,1H3,(H,8,9)(H,10,11). The van der Waals surface area contributed by atoms with Crippen LogP contribution in [0.4, 0.5) is 0 Å². The Morgan fingerprint density at radius 2 is 1.62 bits per heavy atom. The number of hydrogen-bond donors (Lipinski definition) is 3. The van der Waals surface area contributed by atoms with Crippen LogP contribution >= 0.6 is 0 Å². The molecule has 13 heavy (non-hydrogen) atoms. The van der Waals surface area contributed by atoms with Crippen molar-refractivity contribution in [1.82, 2.24) is 0 Å². The summed E-state index contributed by atoms with van der Waals surface area (Å²) in [5.74, 6) is -5.22. The van der Waals surface area contributed by atoms with Gasteiger partial charge in [-0.15, -0.1) is 0 Å². The molecule has 0 spiro atoms. The number of rotatable bonds is 4. The fourth-order valence-electron chi connectivity index (χ4n) is 0.469. The van der Waals surface area contributed by atoms with Crippen LogP contribution in [-0.2, 0) is 19.1 Å². The van der Waals surface area contributed by atoms with Crippen molar-refractivity contribution in [3.05, 3.63) is 0 Å². The normalized spacial score (nSPS) is 10.6. The quantitative estimate of drug-likeness (QED) is 0.286.